The van der Waals surface area contributed by atoms with Gasteiger partial charge in [-0.2, -0.15) is 0 Å². The Labute approximate surface area is 91.9 Å². The van der Waals surface area contributed by atoms with Crippen molar-refractivity contribution in [3.05, 3.63) is 35.3 Å². The molecule has 1 aliphatic rings. The molecule has 3 nitrogen and oxygen atoms in total. The van der Waals surface area contributed by atoms with Crippen molar-refractivity contribution < 1.29 is 9.18 Å². The van der Waals surface area contributed by atoms with Gasteiger partial charge in [-0.05, 0) is 18.2 Å². The van der Waals surface area contributed by atoms with Gasteiger partial charge >= 0.3 is 0 Å². The van der Waals surface area contributed by atoms with Crippen LogP contribution in [-0.4, -0.2) is 17.0 Å². The summed E-state index contributed by atoms with van der Waals surface area (Å²) in [5, 5.41) is 3.49. The van der Waals surface area contributed by atoms with Crippen LogP contribution in [0, 0.1) is 5.82 Å². The highest BCUT2D eigenvalue weighted by Gasteiger charge is 2.24. The molecule has 2 heterocycles. The molecule has 0 spiro atoms. The molecule has 0 aliphatic carbocycles. The lowest BCUT2D eigenvalue weighted by Gasteiger charge is -2.14. The van der Waals surface area contributed by atoms with Gasteiger partial charge in [-0.25, -0.2) is 4.39 Å². The summed E-state index contributed by atoms with van der Waals surface area (Å²) in [7, 11) is 1.91. The molecule has 0 saturated heterocycles. The molecule has 82 valence electrons. The van der Waals surface area contributed by atoms with Gasteiger partial charge in [0, 0.05) is 36.6 Å². The van der Waals surface area contributed by atoms with Crippen molar-refractivity contribution in [3.8, 4) is 0 Å². The molecular formula is C12H11FN2O. The molecule has 0 atom stereocenters. The van der Waals surface area contributed by atoms with E-state index >= 15 is 0 Å². The Kier molecular flexibility index (Phi) is 1.80. The first-order chi connectivity index (χ1) is 7.68. The van der Waals surface area contributed by atoms with E-state index in [1.807, 2.05) is 11.6 Å². The van der Waals surface area contributed by atoms with Crippen LogP contribution in [0.1, 0.15) is 16.1 Å². The second-order valence-corrected chi connectivity index (χ2v) is 4.05. The lowest BCUT2D eigenvalue weighted by Crippen LogP contribution is -2.32. The van der Waals surface area contributed by atoms with E-state index < -0.39 is 0 Å². The minimum absolute atomic E-state index is 0.0996. The second-order valence-electron chi connectivity index (χ2n) is 4.05. The van der Waals surface area contributed by atoms with Gasteiger partial charge in [0.15, 0.2) is 0 Å². The molecule has 1 aromatic heterocycles. The van der Waals surface area contributed by atoms with Crippen LogP contribution in [0.4, 0.5) is 4.39 Å². The summed E-state index contributed by atoms with van der Waals surface area (Å²) in [6, 6.07) is 4.57. The zero-order valence-corrected chi connectivity index (χ0v) is 8.88. The molecule has 3 rings (SSSR count). The lowest BCUT2D eigenvalue weighted by atomic mass is 10.1. The maximum atomic E-state index is 13.2. The molecule has 1 N–H and O–H groups in total. The predicted octanol–water partition coefficient (Wildman–Crippen LogP) is 1.60. The fourth-order valence-electron chi connectivity index (χ4n) is 2.40. The number of carbonyl (C=O) groups is 1. The SMILES string of the molecule is Cn1c2c(c3cc(F)ccc31)C(=O)NCC2. The van der Waals surface area contributed by atoms with Gasteiger partial charge < -0.3 is 9.88 Å². The molecule has 0 bridgehead atoms. The van der Waals surface area contributed by atoms with Crippen molar-refractivity contribution in [2.24, 2.45) is 7.05 Å². The minimum Gasteiger partial charge on any atom is -0.352 e. The number of hydrogen-bond acceptors (Lipinski definition) is 1. The van der Waals surface area contributed by atoms with Crippen LogP contribution in [0.2, 0.25) is 0 Å². The topological polar surface area (TPSA) is 34.0 Å². The number of fused-ring (bicyclic) bond motifs is 3. The number of halogens is 1. The zero-order chi connectivity index (χ0) is 11.3. The maximum absolute atomic E-state index is 13.2. The average molecular weight is 218 g/mol. The number of aromatic nitrogens is 1. The summed E-state index contributed by atoms with van der Waals surface area (Å²) in [4.78, 5) is 11.8. The summed E-state index contributed by atoms with van der Waals surface area (Å²) in [6.45, 7) is 0.651. The highest BCUT2D eigenvalue weighted by molar-refractivity contribution is 6.09. The van der Waals surface area contributed by atoms with Crippen LogP contribution in [0.5, 0.6) is 0 Å². The highest BCUT2D eigenvalue weighted by atomic mass is 19.1. The molecule has 4 heteroatoms. The number of aryl methyl sites for hydroxylation is 1. The lowest BCUT2D eigenvalue weighted by molar-refractivity contribution is 0.0947. The molecule has 0 unspecified atom stereocenters. The Morgan fingerprint density at radius 3 is 3.06 bits per heavy atom. The van der Waals surface area contributed by atoms with Crippen LogP contribution in [-0.2, 0) is 13.5 Å². The normalized spacial score (nSPS) is 15.0. The Morgan fingerprint density at radius 2 is 2.25 bits per heavy atom. The van der Waals surface area contributed by atoms with Gasteiger partial charge in [-0.1, -0.05) is 0 Å². The van der Waals surface area contributed by atoms with Crippen molar-refractivity contribution >= 4 is 16.8 Å². The van der Waals surface area contributed by atoms with E-state index in [2.05, 4.69) is 5.32 Å². The average Bonchev–Trinajstić information content (AvgIpc) is 2.54. The first-order valence-corrected chi connectivity index (χ1v) is 5.23. The number of benzene rings is 1. The van der Waals surface area contributed by atoms with Gasteiger partial charge in [0.25, 0.3) is 5.91 Å². The zero-order valence-electron chi connectivity index (χ0n) is 8.88. The van der Waals surface area contributed by atoms with Crippen molar-refractivity contribution in [2.75, 3.05) is 6.54 Å². The van der Waals surface area contributed by atoms with Gasteiger partial charge in [0.1, 0.15) is 5.82 Å². The van der Waals surface area contributed by atoms with E-state index in [1.165, 1.54) is 12.1 Å². The smallest absolute Gasteiger partial charge is 0.253 e. The second kappa shape index (κ2) is 3.07. The van der Waals surface area contributed by atoms with Gasteiger partial charge in [-0.3, -0.25) is 4.79 Å². The number of nitrogens with zero attached hydrogens (tertiary/aromatic N) is 1. The number of hydrogen-bond donors (Lipinski definition) is 1. The third-order valence-corrected chi connectivity index (χ3v) is 3.16. The van der Waals surface area contributed by atoms with Crippen molar-refractivity contribution in [1.82, 2.24) is 9.88 Å². The number of nitrogens with one attached hydrogen (secondary N) is 1. The Balaban J connectivity index is 2.45. The molecule has 1 aliphatic heterocycles. The summed E-state index contributed by atoms with van der Waals surface area (Å²) < 4.78 is 15.2. The quantitative estimate of drug-likeness (QED) is 0.716. The van der Waals surface area contributed by atoms with Crippen molar-refractivity contribution in [3.63, 3.8) is 0 Å². The van der Waals surface area contributed by atoms with E-state index in [-0.39, 0.29) is 11.7 Å². The summed E-state index contributed by atoms with van der Waals surface area (Å²) in [6.07, 6.45) is 0.799. The van der Waals surface area contributed by atoms with E-state index in [9.17, 15) is 9.18 Å². The maximum Gasteiger partial charge on any atom is 0.253 e. The van der Waals surface area contributed by atoms with E-state index in [1.54, 1.807) is 6.07 Å². The van der Waals surface area contributed by atoms with Gasteiger partial charge in [-0.15, -0.1) is 0 Å². The summed E-state index contributed by atoms with van der Waals surface area (Å²) in [5.41, 5.74) is 2.52. The molecule has 1 amide bonds. The van der Waals surface area contributed by atoms with Crippen LogP contribution < -0.4 is 5.32 Å². The van der Waals surface area contributed by atoms with Crippen LogP contribution in [0.3, 0.4) is 0 Å². The summed E-state index contributed by atoms with van der Waals surface area (Å²) in [5.74, 6) is -0.406. The Bertz CT molecular complexity index is 601. The standard InChI is InChI=1S/C12H11FN2O/c1-15-9-3-2-7(13)6-8(9)11-10(15)4-5-14-12(11)16/h2-3,6H,4-5H2,1H3,(H,14,16). The van der Waals surface area contributed by atoms with Crippen molar-refractivity contribution in [1.29, 1.82) is 0 Å². The van der Waals surface area contributed by atoms with Crippen molar-refractivity contribution in [2.45, 2.75) is 6.42 Å². The third kappa shape index (κ3) is 1.10. The van der Waals surface area contributed by atoms with E-state index in [0.29, 0.717) is 17.5 Å². The molecule has 0 fully saturated rings. The highest BCUT2D eigenvalue weighted by Crippen LogP contribution is 2.28. The fraction of sp³-hybridized carbons (Fsp3) is 0.250. The van der Waals surface area contributed by atoms with Crippen LogP contribution >= 0.6 is 0 Å². The molecule has 2 aromatic rings. The fourth-order valence-corrected chi connectivity index (χ4v) is 2.40. The van der Waals surface area contributed by atoms with E-state index in [4.69, 9.17) is 0 Å². The number of rotatable bonds is 0. The van der Waals surface area contributed by atoms with E-state index in [0.717, 1.165) is 17.6 Å². The molecular weight excluding hydrogens is 207 g/mol. The molecule has 16 heavy (non-hydrogen) atoms. The first-order valence-electron chi connectivity index (χ1n) is 5.23. The predicted molar refractivity (Wildman–Crippen MR) is 58.9 cm³/mol. The molecule has 1 aromatic carbocycles. The Morgan fingerprint density at radius 1 is 1.44 bits per heavy atom. The monoisotopic (exact) mass is 218 g/mol. The number of carbonyl (C=O) groups excluding carboxylic acids is 1. The third-order valence-electron chi connectivity index (χ3n) is 3.16. The van der Waals surface area contributed by atoms with Gasteiger partial charge in [0.2, 0.25) is 0 Å². The molecule has 0 saturated carbocycles. The van der Waals surface area contributed by atoms with Gasteiger partial charge in [0.05, 0.1) is 5.56 Å². The summed E-state index contributed by atoms with van der Waals surface area (Å²) >= 11 is 0. The number of amides is 1. The molecule has 0 radical (unpaired) electrons. The first kappa shape index (κ1) is 9.39. The van der Waals surface area contributed by atoms with Crippen LogP contribution in [0.15, 0.2) is 18.2 Å². The Hall–Kier alpha value is -1.84. The van der Waals surface area contributed by atoms with Crippen LogP contribution in [0.25, 0.3) is 10.9 Å². The largest absolute Gasteiger partial charge is 0.352 e. The minimum atomic E-state index is -0.306.